The molecule has 1 unspecified atom stereocenters. The quantitative estimate of drug-likeness (QED) is 0.633. The topological polar surface area (TPSA) is 57.6 Å². The zero-order valence-corrected chi connectivity index (χ0v) is 19.8. The molecule has 4 fully saturated rings. The average Bonchev–Trinajstić information content (AvgIpc) is 3.05. The molecule has 4 aliphatic rings. The van der Waals surface area contributed by atoms with Crippen molar-refractivity contribution < 1.29 is 14.7 Å². The van der Waals surface area contributed by atoms with Gasteiger partial charge in [0.05, 0.1) is 0 Å². The summed E-state index contributed by atoms with van der Waals surface area (Å²) in [5, 5.41) is 9.16. The minimum atomic E-state index is -0.655. The minimum Gasteiger partial charge on any atom is -0.481 e. The highest BCUT2D eigenvalue weighted by atomic mass is 16.4. The van der Waals surface area contributed by atoms with Crippen molar-refractivity contribution in [2.45, 2.75) is 98.4 Å². The Hall–Kier alpha value is -1.06. The van der Waals surface area contributed by atoms with E-state index in [9.17, 15) is 9.59 Å². The van der Waals surface area contributed by atoms with E-state index < -0.39 is 5.97 Å². The first-order chi connectivity index (χ1) is 14.1. The molecule has 0 radical (unpaired) electrons. The Morgan fingerprint density at radius 1 is 1.17 bits per heavy atom. The van der Waals surface area contributed by atoms with E-state index in [1.165, 1.54) is 32.1 Å². The van der Waals surface area contributed by atoms with E-state index >= 15 is 0 Å². The fraction of sp³-hybridized carbons (Fsp3) is 0.923. The number of carbonyl (C=O) groups excluding carboxylic acids is 1. The van der Waals surface area contributed by atoms with Crippen LogP contribution in [0, 0.1) is 46.3 Å². The van der Waals surface area contributed by atoms with Crippen LogP contribution in [-0.4, -0.2) is 34.5 Å². The number of carboxylic acids is 1. The number of hydrogen-bond acceptors (Lipinski definition) is 2. The number of amides is 1. The molecule has 9 atom stereocenters. The van der Waals surface area contributed by atoms with Crippen molar-refractivity contribution in [2.75, 3.05) is 6.54 Å². The highest BCUT2D eigenvalue weighted by Crippen LogP contribution is 2.68. The standard InChI is InChI=1S/C26H43NO3/c1-6-27-21-15-17(3)24-19-9-8-18(16(2)7-10-23(29)30)25(19,4)13-11-20(24)26(21,5)14-12-22(27)28/h16-21,24H,6-15H2,1-5H3,(H,29,30)/t16-,17?,18-,19+,20+,21-,24+,25-,26-/m1/s1. The molecule has 4 heteroatoms. The van der Waals surface area contributed by atoms with Gasteiger partial charge in [0.25, 0.3) is 0 Å². The lowest BCUT2D eigenvalue weighted by Gasteiger charge is -2.64. The van der Waals surface area contributed by atoms with Gasteiger partial charge in [-0.05, 0) is 98.2 Å². The van der Waals surface area contributed by atoms with E-state index in [-0.39, 0.29) is 5.41 Å². The van der Waals surface area contributed by atoms with Crippen LogP contribution in [0.5, 0.6) is 0 Å². The molecule has 4 rings (SSSR count). The second-order valence-corrected chi connectivity index (χ2v) is 11.8. The summed E-state index contributed by atoms with van der Waals surface area (Å²) in [4.78, 5) is 26.0. The highest BCUT2D eigenvalue weighted by molar-refractivity contribution is 5.77. The van der Waals surface area contributed by atoms with Gasteiger partial charge in [0, 0.05) is 25.4 Å². The first-order valence-electron chi connectivity index (χ1n) is 12.6. The summed E-state index contributed by atoms with van der Waals surface area (Å²) in [6.07, 6.45) is 9.28. The maximum absolute atomic E-state index is 12.6. The van der Waals surface area contributed by atoms with Gasteiger partial charge in [-0.3, -0.25) is 9.59 Å². The predicted molar refractivity (Wildman–Crippen MR) is 119 cm³/mol. The molecule has 1 saturated heterocycles. The molecule has 0 aromatic rings. The highest BCUT2D eigenvalue weighted by Gasteiger charge is 2.63. The zero-order chi connectivity index (χ0) is 21.8. The fourth-order valence-corrected chi connectivity index (χ4v) is 9.24. The summed E-state index contributed by atoms with van der Waals surface area (Å²) < 4.78 is 0. The number of nitrogens with zero attached hydrogens (tertiary/aromatic N) is 1. The van der Waals surface area contributed by atoms with Gasteiger partial charge in [0.15, 0.2) is 0 Å². The first-order valence-corrected chi connectivity index (χ1v) is 12.6. The van der Waals surface area contributed by atoms with E-state index in [1.54, 1.807) is 0 Å². The number of carboxylic acid groups (broad SMARTS) is 1. The molecule has 1 heterocycles. The van der Waals surface area contributed by atoms with Crippen molar-refractivity contribution in [2.24, 2.45) is 46.3 Å². The van der Waals surface area contributed by atoms with Crippen LogP contribution in [0.2, 0.25) is 0 Å². The molecule has 3 aliphatic carbocycles. The van der Waals surface area contributed by atoms with Crippen LogP contribution in [0.15, 0.2) is 0 Å². The van der Waals surface area contributed by atoms with Crippen molar-refractivity contribution in [3.63, 3.8) is 0 Å². The Morgan fingerprint density at radius 3 is 2.53 bits per heavy atom. The molecular formula is C26H43NO3. The van der Waals surface area contributed by atoms with Crippen LogP contribution in [0.1, 0.15) is 92.4 Å². The zero-order valence-electron chi connectivity index (χ0n) is 19.8. The molecule has 1 amide bonds. The minimum absolute atomic E-state index is 0.273. The Balaban J connectivity index is 1.58. The lowest BCUT2D eigenvalue weighted by molar-refractivity contribution is -0.170. The second-order valence-electron chi connectivity index (χ2n) is 11.8. The van der Waals surface area contributed by atoms with Crippen LogP contribution in [-0.2, 0) is 9.59 Å². The summed E-state index contributed by atoms with van der Waals surface area (Å²) in [6.45, 7) is 12.8. The Morgan fingerprint density at radius 2 is 1.87 bits per heavy atom. The van der Waals surface area contributed by atoms with E-state index in [2.05, 4.69) is 39.5 Å². The Kier molecular flexibility index (Phi) is 5.77. The van der Waals surface area contributed by atoms with Crippen LogP contribution in [0.3, 0.4) is 0 Å². The smallest absolute Gasteiger partial charge is 0.303 e. The van der Waals surface area contributed by atoms with Gasteiger partial charge in [-0.25, -0.2) is 0 Å². The van der Waals surface area contributed by atoms with Gasteiger partial charge in [-0.1, -0.05) is 27.7 Å². The number of rotatable bonds is 5. The van der Waals surface area contributed by atoms with Crippen molar-refractivity contribution in [1.29, 1.82) is 0 Å². The van der Waals surface area contributed by atoms with Crippen molar-refractivity contribution >= 4 is 11.9 Å². The lowest BCUT2D eigenvalue weighted by atomic mass is 9.44. The Bertz CT molecular complexity index is 692. The molecule has 1 aliphatic heterocycles. The number of fused-ring (bicyclic) bond motifs is 5. The molecule has 170 valence electrons. The van der Waals surface area contributed by atoms with E-state index in [4.69, 9.17) is 5.11 Å². The summed E-state index contributed by atoms with van der Waals surface area (Å²) in [6, 6.07) is 0.427. The fourth-order valence-electron chi connectivity index (χ4n) is 9.24. The molecule has 4 nitrogen and oxygen atoms in total. The second kappa shape index (κ2) is 7.81. The van der Waals surface area contributed by atoms with Crippen LogP contribution in [0.25, 0.3) is 0 Å². The van der Waals surface area contributed by atoms with Crippen molar-refractivity contribution in [1.82, 2.24) is 4.90 Å². The van der Waals surface area contributed by atoms with Gasteiger partial charge in [0.2, 0.25) is 5.91 Å². The number of hydrogen-bond donors (Lipinski definition) is 1. The van der Waals surface area contributed by atoms with Crippen molar-refractivity contribution in [3.05, 3.63) is 0 Å². The monoisotopic (exact) mass is 417 g/mol. The predicted octanol–water partition coefficient (Wildman–Crippen LogP) is 5.60. The van der Waals surface area contributed by atoms with Gasteiger partial charge < -0.3 is 10.0 Å². The van der Waals surface area contributed by atoms with E-state index in [0.29, 0.717) is 41.5 Å². The molecule has 0 aromatic heterocycles. The molecule has 0 spiro atoms. The molecule has 3 saturated carbocycles. The average molecular weight is 418 g/mol. The molecule has 0 aromatic carbocycles. The molecular weight excluding hydrogens is 374 g/mol. The maximum atomic E-state index is 12.6. The van der Waals surface area contributed by atoms with Crippen LogP contribution < -0.4 is 0 Å². The molecule has 30 heavy (non-hydrogen) atoms. The van der Waals surface area contributed by atoms with Gasteiger partial charge in [0.1, 0.15) is 0 Å². The number of aliphatic carboxylic acids is 1. The SMILES string of the molecule is CCN1C(=O)CC[C@]2(C)[C@H]3CC[C@]4(C)[C@@H]([C@H](C)CCC(=O)O)CC[C@H]4[C@@H]3C(C)C[C@@H]12. The van der Waals surface area contributed by atoms with Crippen molar-refractivity contribution in [3.8, 4) is 0 Å². The third-order valence-corrected chi connectivity index (χ3v) is 10.7. The van der Waals surface area contributed by atoms with Gasteiger partial charge in [-0.15, -0.1) is 0 Å². The summed E-state index contributed by atoms with van der Waals surface area (Å²) in [7, 11) is 0. The summed E-state index contributed by atoms with van der Waals surface area (Å²) in [5.74, 6) is 3.84. The maximum Gasteiger partial charge on any atom is 0.303 e. The lowest BCUT2D eigenvalue weighted by Crippen LogP contribution is -2.64. The Labute approximate surface area is 183 Å². The van der Waals surface area contributed by atoms with Gasteiger partial charge in [-0.2, -0.15) is 0 Å². The third kappa shape index (κ3) is 3.23. The number of likely N-dealkylation sites (tertiary alicyclic amines) is 1. The normalized spacial score (nSPS) is 46.7. The van der Waals surface area contributed by atoms with E-state index in [0.717, 1.165) is 43.6 Å². The molecule has 1 N–H and O–H groups in total. The van der Waals surface area contributed by atoms with Crippen LogP contribution >= 0.6 is 0 Å². The largest absolute Gasteiger partial charge is 0.481 e. The summed E-state index contributed by atoms with van der Waals surface area (Å²) >= 11 is 0. The molecule has 0 bridgehead atoms. The van der Waals surface area contributed by atoms with Gasteiger partial charge >= 0.3 is 5.97 Å². The third-order valence-electron chi connectivity index (χ3n) is 10.7. The first kappa shape index (κ1) is 22.1. The van der Waals surface area contributed by atoms with Crippen LogP contribution in [0.4, 0.5) is 0 Å². The summed E-state index contributed by atoms with van der Waals surface area (Å²) in [5.41, 5.74) is 0.640. The number of piperidine rings is 1. The van der Waals surface area contributed by atoms with E-state index in [1.807, 2.05) is 0 Å². The number of carbonyl (C=O) groups is 2.